The van der Waals surface area contributed by atoms with E-state index in [0.29, 0.717) is 13.0 Å². The standard InChI is InChI=1S/C12H17N5O2/c1-16-9-13-6-11(16)8-17-7-10(14-15-17)4-2-3-5-12(18)19/h6-7,9H,2-5,8H2,1H3,(H,18,19). The minimum absolute atomic E-state index is 0.211. The van der Waals surface area contributed by atoms with Crippen LogP contribution < -0.4 is 0 Å². The Morgan fingerprint density at radius 2 is 2.26 bits per heavy atom. The third kappa shape index (κ3) is 3.90. The largest absolute Gasteiger partial charge is 0.481 e. The topological polar surface area (TPSA) is 85.8 Å². The zero-order valence-corrected chi connectivity index (χ0v) is 10.9. The van der Waals surface area contributed by atoms with Gasteiger partial charge < -0.3 is 9.67 Å². The lowest BCUT2D eigenvalue weighted by atomic mass is 10.1. The number of unbranched alkanes of at least 4 members (excludes halogenated alkanes) is 1. The minimum Gasteiger partial charge on any atom is -0.481 e. The number of aromatic nitrogens is 5. The lowest BCUT2D eigenvalue weighted by Crippen LogP contribution is -2.04. The maximum atomic E-state index is 10.4. The molecule has 0 bridgehead atoms. The van der Waals surface area contributed by atoms with Crippen LogP contribution in [0.25, 0.3) is 0 Å². The molecule has 1 N–H and O–H groups in total. The predicted molar refractivity (Wildman–Crippen MR) is 67.5 cm³/mol. The summed E-state index contributed by atoms with van der Waals surface area (Å²) in [4.78, 5) is 14.4. The Morgan fingerprint density at radius 3 is 2.95 bits per heavy atom. The molecule has 0 aliphatic carbocycles. The van der Waals surface area contributed by atoms with E-state index in [1.807, 2.05) is 17.8 Å². The summed E-state index contributed by atoms with van der Waals surface area (Å²) < 4.78 is 3.71. The van der Waals surface area contributed by atoms with Gasteiger partial charge in [0, 0.05) is 19.7 Å². The van der Waals surface area contributed by atoms with Gasteiger partial charge in [0.15, 0.2) is 0 Å². The van der Waals surface area contributed by atoms with Gasteiger partial charge in [-0.15, -0.1) is 5.10 Å². The summed E-state index contributed by atoms with van der Waals surface area (Å²) in [6, 6.07) is 0. The van der Waals surface area contributed by atoms with Crippen molar-refractivity contribution in [2.75, 3.05) is 0 Å². The summed E-state index contributed by atoms with van der Waals surface area (Å²) in [7, 11) is 1.94. The number of carboxylic acids is 1. The number of imidazole rings is 1. The molecule has 102 valence electrons. The van der Waals surface area contributed by atoms with E-state index in [0.717, 1.165) is 24.2 Å². The van der Waals surface area contributed by atoms with Crippen molar-refractivity contribution in [2.24, 2.45) is 7.05 Å². The van der Waals surface area contributed by atoms with Gasteiger partial charge in [-0.1, -0.05) is 5.21 Å². The molecule has 7 nitrogen and oxygen atoms in total. The van der Waals surface area contributed by atoms with Crippen molar-refractivity contribution < 1.29 is 9.90 Å². The van der Waals surface area contributed by atoms with Gasteiger partial charge in [-0.05, 0) is 19.3 Å². The summed E-state index contributed by atoms with van der Waals surface area (Å²) in [5.74, 6) is -0.750. The number of rotatable bonds is 7. The number of hydrogen-bond donors (Lipinski definition) is 1. The number of aliphatic carboxylic acids is 1. The molecule has 0 aromatic carbocycles. The Bertz CT molecular complexity index is 546. The molecule has 0 radical (unpaired) electrons. The molecule has 2 aromatic rings. The first-order valence-corrected chi connectivity index (χ1v) is 6.21. The van der Waals surface area contributed by atoms with E-state index < -0.39 is 5.97 Å². The van der Waals surface area contributed by atoms with Crippen molar-refractivity contribution in [1.29, 1.82) is 0 Å². The monoisotopic (exact) mass is 263 g/mol. The van der Waals surface area contributed by atoms with Crippen molar-refractivity contribution in [3.05, 3.63) is 30.1 Å². The first-order chi connectivity index (χ1) is 9.15. The highest BCUT2D eigenvalue weighted by atomic mass is 16.4. The minimum atomic E-state index is -0.750. The van der Waals surface area contributed by atoms with Crippen molar-refractivity contribution >= 4 is 5.97 Å². The van der Waals surface area contributed by atoms with Gasteiger partial charge in [0.05, 0.1) is 30.5 Å². The van der Waals surface area contributed by atoms with Crippen LogP contribution in [0.4, 0.5) is 0 Å². The highest BCUT2D eigenvalue weighted by Crippen LogP contribution is 2.05. The van der Waals surface area contributed by atoms with E-state index in [4.69, 9.17) is 5.11 Å². The Labute approximate surface area is 110 Å². The van der Waals surface area contributed by atoms with Crippen molar-refractivity contribution in [2.45, 2.75) is 32.2 Å². The predicted octanol–water partition coefficient (Wildman–Crippen LogP) is 0.857. The molecule has 0 saturated heterocycles. The number of aryl methyl sites for hydroxylation is 2. The molecule has 19 heavy (non-hydrogen) atoms. The Hall–Kier alpha value is -2.18. The molecule has 0 saturated carbocycles. The molecular weight excluding hydrogens is 246 g/mol. The van der Waals surface area contributed by atoms with Gasteiger partial charge >= 0.3 is 5.97 Å². The molecule has 2 heterocycles. The fraction of sp³-hybridized carbons (Fsp3) is 0.500. The van der Waals surface area contributed by atoms with Crippen LogP contribution in [0.3, 0.4) is 0 Å². The van der Waals surface area contributed by atoms with Gasteiger partial charge in [-0.25, -0.2) is 9.67 Å². The van der Waals surface area contributed by atoms with E-state index in [1.54, 1.807) is 17.2 Å². The van der Waals surface area contributed by atoms with Crippen LogP contribution in [0.15, 0.2) is 18.7 Å². The summed E-state index contributed by atoms with van der Waals surface area (Å²) in [6.07, 6.45) is 7.91. The second-order valence-corrected chi connectivity index (χ2v) is 4.50. The maximum absolute atomic E-state index is 10.4. The molecule has 0 fully saturated rings. The lowest BCUT2D eigenvalue weighted by molar-refractivity contribution is -0.137. The number of carbonyl (C=O) groups is 1. The van der Waals surface area contributed by atoms with E-state index in [-0.39, 0.29) is 6.42 Å². The van der Waals surface area contributed by atoms with Crippen LogP contribution in [-0.4, -0.2) is 35.6 Å². The van der Waals surface area contributed by atoms with Gasteiger partial charge in [0.1, 0.15) is 0 Å². The SMILES string of the molecule is Cn1cncc1Cn1cc(CCCCC(=O)O)nn1. The average molecular weight is 263 g/mol. The first-order valence-electron chi connectivity index (χ1n) is 6.21. The van der Waals surface area contributed by atoms with Crippen LogP contribution in [-0.2, 0) is 24.8 Å². The van der Waals surface area contributed by atoms with Gasteiger partial charge in [0.25, 0.3) is 0 Å². The third-order valence-corrected chi connectivity index (χ3v) is 2.90. The average Bonchev–Trinajstić information content (AvgIpc) is 2.96. The van der Waals surface area contributed by atoms with Crippen molar-refractivity contribution in [3.63, 3.8) is 0 Å². The first kappa shape index (κ1) is 13.3. The van der Waals surface area contributed by atoms with E-state index in [1.165, 1.54) is 0 Å². The smallest absolute Gasteiger partial charge is 0.303 e. The third-order valence-electron chi connectivity index (χ3n) is 2.90. The molecule has 2 aromatic heterocycles. The molecule has 7 heteroatoms. The Balaban J connectivity index is 1.82. The molecule has 0 unspecified atom stereocenters. The zero-order valence-electron chi connectivity index (χ0n) is 10.9. The molecule has 0 spiro atoms. The molecule has 2 rings (SSSR count). The summed E-state index contributed by atoms with van der Waals surface area (Å²) in [5, 5.41) is 16.7. The molecule has 0 amide bonds. The number of carboxylic acid groups (broad SMARTS) is 1. The fourth-order valence-corrected chi connectivity index (χ4v) is 1.82. The molecule has 0 aliphatic rings. The molecule has 0 atom stereocenters. The van der Waals surface area contributed by atoms with E-state index in [2.05, 4.69) is 15.3 Å². The van der Waals surface area contributed by atoms with Crippen LogP contribution in [0.2, 0.25) is 0 Å². The Kier molecular flexibility index (Phi) is 4.27. The number of hydrogen-bond acceptors (Lipinski definition) is 4. The summed E-state index contributed by atoms with van der Waals surface area (Å²) in [6.45, 7) is 0.638. The van der Waals surface area contributed by atoms with Gasteiger partial charge in [0.2, 0.25) is 0 Å². The highest BCUT2D eigenvalue weighted by molar-refractivity contribution is 5.66. The molecule has 0 aliphatic heterocycles. The van der Waals surface area contributed by atoms with Crippen LogP contribution >= 0.6 is 0 Å². The highest BCUT2D eigenvalue weighted by Gasteiger charge is 2.04. The van der Waals surface area contributed by atoms with Crippen molar-refractivity contribution in [1.82, 2.24) is 24.5 Å². The number of nitrogens with zero attached hydrogens (tertiary/aromatic N) is 5. The van der Waals surface area contributed by atoms with E-state index in [9.17, 15) is 4.79 Å². The second kappa shape index (κ2) is 6.12. The molecular formula is C12H17N5O2. The zero-order chi connectivity index (χ0) is 13.7. The van der Waals surface area contributed by atoms with Crippen LogP contribution in [0, 0.1) is 0 Å². The Morgan fingerprint density at radius 1 is 1.42 bits per heavy atom. The second-order valence-electron chi connectivity index (χ2n) is 4.50. The normalized spacial score (nSPS) is 10.8. The summed E-state index contributed by atoms with van der Waals surface area (Å²) in [5.41, 5.74) is 1.95. The van der Waals surface area contributed by atoms with Crippen LogP contribution in [0.1, 0.15) is 30.7 Å². The summed E-state index contributed by atoms with van der Waals surface area (Å²) >= 11 is 0. The lowest BCUT2D eigenvalue weighted by Gasteiger charge is -2.00. The van der Waals surface area contributed by atoms with Gasteiger partial charge in [-0.2, -0.15) is 0 Å². The maximum Gasteiger partial charge on any atom is 0.303 e. The van der Waals surface area contributed by atoms with Gasteiger partial charge in [-0.3, -0.25) is 4.79 Å². The quantitative estimate of drug-likeness (QED) is 0.749. The van der Waals surface area contributed by atoms with E-state index >= 15 is 0 Å². The van der Waals surface area contributed by atoms with Crippen LogP contribution in [0.5, 0.6) is 0 Å². The fourth-order valence-electron chi connectivity index (χ4n) is 1.82. The van der Waals surface area contributed by atoms with Crippen molar-refractivity contribution in [3.8, 4) is 0 Å².